The van der Waals surface area contributed by atoms with Crippen LogP contribution in [0, 0.1) is 12.7 Å². The normalized spacial score (nSPS) is 10.6. The van der Waals surface area contributed by atoms with Crippen molar-refractivity contribution in [3.05, 3.63) is 89.2 Å². The van der Waals surface area contributed by atoms with Gasteiger partial charge in [0.2, 0.25) is 0 Å². The third kappa shape index (κ3) is 6.90. The Morgan fingerprint density at radius 3 is 2.45 bits per heavy atom. The van der Waals surface area contributed by atoms with E-state index in [1.807, 2.05) is 26.0 Å². The predicted octanol–water partition coefficient (Wildman–Crippen LogP) is 4.20. The van der Waals surface area contributed by atoms with Crippen LogP contribution in [0.1, 0.15) is 23.6 Å². The molecule has 3 aromatic carbocycles. The average Bonchev–Trinajstić information content (AvgIpc) is 2.81. The molecule has 0 atom stereocenters. The van der Waals surface area contributed by atoms with E-state index in [1.165, 1.54) is 18.3 Å². The second kappa shape index (κ2) is 11.4. The first-order chi connectivity index (χ1) is 16.0. The highest BCUT2D eigenvalue weighted by Gasteiger charge is 2.13. The highest BCUT2D eigenvalue weighted by molar-refractivity contribution is 6.39. The molecule has 170 valence electrons. The fraction of sp³-hybridized carbons (Fsp3) is 0.160. The van der Waals surface area contributed by atoms with E-state index in [2.05, 4.69) is 15.8 Å². The number of ether oxygens (including phenoxy) is 2. The Labute approximate surface area is 191 Å². The van der Waals surface area contributed by atoms with E-state index in [4.69, 9.17) is 9.47 Å². The molecular formula is C25H24FN3O4. The van der Waals surface area contributed by atoms with Gasteiger partial charge in [0.25, 0.3) is 0 Å². The Hall–Kier alpha value is -4.20. The molecule has 2 N–H and O–H groups in total. The molecular weight excluding hydrogens is 425 g/mol. The number of hydrogen-bond acceptors (Lipinski definition) is 5. The van der Waals surface area contributed by atoms with Crippen LogP contribution in [0.4, 0.5) is 10.1 Å². The van der Waals surface area contributed by atoms with Crippen molar-refractivity contribution in [1.82, 2.24) is 5.43 Å². The van der Waals surface area contributed by atoms with E-state index in [-0.39, 0.29) is 12.4 Å². The number of para-hydroxylation sites is 1. The highest BCUT2D eigenvalue weighted by atomic mass is 19.1. The summed E-state index contributed by atoms with van der Waals surface area (Å²) >= 11 is 0. The molecule has 0 aromatic heterocycles. The van der Waals surface area contributed by atoms with Crippen LogP contribution in [0.3, 0.4) is 0 Å². The smallest absolute Gasteiger partial charge is 0.329 e. The van der Waals surface area contributed by atoms with Crippen LogP contribution in [0.5, 0.6) is 11.5 Å². The Bertz CT molecular complexity index is 1150. The van der Waals surface area contributed by atoms with Crippen LogP contribution in [-0.4, -0.2) is 24.6 Å². The topological polar surface area (TPSA) is 89.0 Å². The van der Waals surface area contributed by atoms with Gasteiger partial charge in [-0.3, -0.25) is 9.59 Å². The van der Waals surface area contributed by atoms with E-state index in [9.17, 15) is 14.0 Å². The molecule has 0 aliphatic heterocycles. The van der Waals surface area contributed by atoms with Crippen LogP contribution in [0.25, 0.3) is 0 Å². The molecule has 3 rings (SSSR count). The van der Waals surface area contributed by atoms with Crippen molar-refractivity contribution in [1.29, 1.82) is 0 Å². The number of halogens is 1. The van der Waals surface area contributed by atoms with Gasteiger partial charge in [-0.25, -0.2) is 9.82 Å². The first-order valence-electron chi connectivity index (χ1n) is 10.3. The standard InChI is InChI=1S/C25H24FN3O4/c1-3-32-23-14-19(10-13-22(23)33-16-18-8-11-20(26)12-9-18)15-27-29-25(31)24(30)28-21-7-5-4-6-17(21)2/h4-15H,3,16H2,1-2H3,(H,28,30)(H,29,31)/b27-15-. The summed E-state index contributed by atoms with van der Waals surface area (Å²) in [6.45, 7) is 4.34. The minimum absolute atomic E-state index is 0.250. The molecule has 0 aliphatic rings. The van der Waals surface area contributed by atoms with Crippen molar-refractivity contribution in [3.63, 3.8) is 0 Å². The summed E-state index contributed by atoms with van der Waals surface area (Å²) in [5.41, 5.74) is 5.05. The maximum atomic E-state index is 13.0. The van der Waals surface area contributed by atoms with Gasteiger partial charge in [0, 0.05) is 5.69 Å². The number of anilines is 1. The second-order valence-corrected chi connectivity index (χ2v) is 7.02. The number of carbonyl (C=O) groups excluding carboxylic acids is 2. The number of hydrazone groups is 1. The Kier molecular flexibility index (Phi) is 8.13. The Morgan fingerprint density at radius 1 is 0.970 bits per heavy atom. The van der Waals surface area contributed by atoms with E-state index < -0.39 is 11.8 Å². The number of nitrogens with zero attached hydrogens (tertiary/aromatic N) is 1. The zero-order valence-corrected chi connectivity index (χ0v) is 18.3. The molecule has 0 aliphatic carbocycles. The van der Waals surface area contributed by atoms with Gasteiger partial charge in [0.05, 0.1) is 12.8 Å². The molecule has 33 heavy (non-hydrogen) atoms. The highest BCUT2D eigenvalue weighted by Crippen LogP contribution is 2.29. The number of hydrogen-bond donors (Lipinski definition) is 2. The number of rotatable bonds is 8. The van der Waals surface area contributed by atoms with Crippen molar-refractivity contribution in [3.8, 4) is 11.5 Å². The first-order valence-corrected chi connectivity index (χ1v) is 10.3. The largest absolute Gasteiger partial charge is 0.490 e. The summed E-state index contributed by atoms with van der Waals surface area (Å²) in [5.74, 6) is -1.01. The van der Waals surface area contributed by atoms with Crippen LogP contribution in [0.15, 0.2) is 71.8 Å². The number of carbonyl (C=O) groups is 2. The van der Waals surface area contributed by atoms with Crippen molar-refractivity contribution < 1.29 is 23.5 Å². The third-order valence-corrected chi connectivity index (χ3v) is 4.55. The lowest BCUT2D eigenvalue weighted by atomic mass is 10.2. The summed E-state index contributed by atoms with van der Waals surface area (Å²) in [5, 5.41) is 6.38. The van der Waals surface area contributed by atoms with E-state index in [0.717, 1.165) is 11.1 Å². The van der Waals surface area contributed by atoms with Gasteiger partial charge in [0.15, 0.2) is 11.5 Å². The van der Waals surface area contributed by atoms with Gasteiger partial charge in [-0.1, -0.05) is 30.3 Å². The van der Waals surface area contributed by atoms with Crippen LogP contribution in [-0.2, 0) is 16.2 Å². The summed E-state index contributed by atoms with van der Waals surface area (Å²) in [6, 6.07) is 18.3. The van der Waals surface area contributed by atoms with Crippen molar-refractivity contribution in [2.24, 2.45) is 5.10 Å². The summed E-state index contributed by atoms with van der Waals surface area (Å²) < 4.78 is 24.5. The third-order valence-electron chi connectivity index (χ3n) is 4.55. The minimum Gasteiger partial charge on any atom is -0.490 e. The minimum atomic E-state index is -0.890. The van der Waals surface area contributed by atoms with Gasteiger partial charge in [-0.15, -0.1) is 0 Å². The lowest BCUT2D eigenvalue weighted by Gasteiger charge is -2.12. The quantitative estimate of drug-likeness (QED) is 0.306. The summed E-state index contributed by atoms with van der Waals surface area (Å²) in [7, 11) is 0. The predicted molar refractivity (Wildman–Crippen MR) is 124 cm³/mol. The first kappa shape index (κ1) is 23.5. The number of amides is 2. The SMILES string of the molecule is CCOc1cc(/C=N\NC(=O)C(=O)Nc2ccccc2C)ccc1OCc1ccc(F)cc1. The van der Waals surface area contributed by atoms with Crippen molar-refractivity contribution in [2.45, 2.75) is 20.5 Å². The molecule has 8 heteroatoms. The Morgan fingerprint density at radius 2 is 1.73 bits per heavy atom. The van der Waals surface area contributed by atoms with Crippen LogP contribution in [0.2, 0.25) is 0 Å². The Balaban J connectivity index is 1.59. The number of aryl methyl sites for hydroxylation is 1. The fourth-order valence-electron chi connectivity index (χ4n) is 2.84. The van der Waals surface area contributed by atoms with Gasteiger partial charge in [-0.2, -0.15) is 5.10 Å². The second-order valence-electron chi connectivity index (χ2n) is 7.02. The van der Waals surface area contributed by atoms with E-state index >= 15 is 0 Å². The monoisotopic (exact) mass is 449 g/mol. The molecule has 0 radical (unpaired) electrons. The molecule has 0 fully saturated rings. The van der Waals surface area contributed by atoms with Crippen molar-refractivity contribution in [2.75, 3.05) is 11.9 Å². The molecule has 0 unspecified atom stereocenters. The van der Waals surface area contributed by atoms with E-state index in [0.29, 0.717) is 29.4 Å². The lowest BCUT2D eigenvalue weighted by molar-refractivity contribution is -0.136. The molecule has 0 spiro atoms. The van der Waals surface area contributed by atoms with Gasteiger partial charge in [0.1, 0.15) is 12.4 Å². The van der Waals surface area contributed by atoms with Crippen LogP contribution < -0.4 is 20.2 Å². The summed E-state index contributed by atoms with van der Waals surface area (Å²) in [4.78, 5) is 24.1. The zero-order chi connectivity index (χ0) is 23.6. The molecule has 0 bridgehead atoms. The van der Waals surface area contributed by atoms with Crippen molar-refractivity contribution >= 4 is 23.7 Å². The summed E-state index contributed by atoms with van der Waals surface area (Å²) in [6.07, 6.45) is 1.39. The molecule has 3 aromatic rings. The zero-order valence-electron chi connectivity index (χ0n) is 18.3. The molecule has 0 heterocycles. The number of nitrogens with one attached hydrogen (secondary N) is 2. The fourth-order valence-corrected chi connectivity index (χ4v) is 2.84. The van der Waals surface area contributed by atoms with Gasteiger partial charge < -0.3 is 14.8 Å². The maximum absolute atomic E-state index is 13.0. The van der Waals surface area contributed by atoms with Gasteiger partial charge in [-0.05, 0) is 66.9 Å². The maximum Gasteiger partial charge on any atom is 0.329 e. The molecule has 7 nitrogen and oxygen atoms in total. The van der Waals surface area contributed by atoms with E-state index in [1.54, 1.807) is 42.5 Å². The molecule has 2 amide bonds. The lowest BCUT2D eigenvalue weighted by Crippen LogP contribution is -2.32. The van der Waals surface area contributed by atoms with Crippen LogP contribution >= 0.6 is 0 Å². The van der Waals surface area contributed by atoms with Gasteiger partial charge >= 0.3 is 11.8 Å². The average molecular weight is 449 g/mol. The molecule has 0 saturated carbocycles. The number of benzene rings is 3. The molecule has 0 saturated heterocycles.